The fourth-order valence-corrected chi connectivity index (χ4v) is 2.65. The van der Waals surface area contributed by atoms with E-state index in [4.69, 9.17) is 11.6 Å². The van der Waals surface area contributed by atoms with Gasteiger partial charge in [0.25, 0.3) is 0 Å². The zero-order valence-corrected chi connectivity index (χ0v) is 14.3. The minimum absolute atomic E-state index is 0.0562. The van der Waals surface area contributed by atoms with Crippen LogP contribution in [0.15, 0.2) is 18.2 Å². The van der Waals surface area contributed by atoms with Crippen LogP contribution in [0.25, 0.3) is 0 Å². The van der Waals surface area contributed by atoms with Gasteiger partial charge in [-0.15, -0.1) is 0 Å². The van der Waals surface area contributed by atoms with E-state index in [1.54, 1.807) is 24.1 Å². The maximum atomic E-state index is 12.2. The highest BCUT2D eigenvalue weighted by molar-refractivity contribution is 6.31. The Balaban J connectivity index is 1.82. The minimum atomic E-state index is -0.161. The van der Waals surface area contributed by atoms with E-state index in [0.29, 0.717) is 10.7 Å². The molecule has 0 saturated carbocycles. The summed E-state index contributed by atoms with van der Waals surface area (Å²) in [5, 5.41) is 6.66. The zero-order chi connectivity index (χ0) is 16.8. The summed E-state index contributed by atoms with van der Waals surface area (Å²) in [6.07, 6.45) is 0. The summed E-state index contributed by atoms with van der Waals surface area (Å²) in [7, 11) is 1.77. The third kappa shape index (κ3) is 5.20. The van der Waals surface area contributed by atoms with Crippen molar-refractivity contribution in [3.63, 3.8) is 0 Å². The number of hydrogen-bond donors (Lipinski definition) is 2. The van der Waals surface area contributed by atoms with E-state index in [1.807, 2.05) is 17.9 Å². The first kappa shape index (κ1) is 17.7. The Morgan fingerprint density at radius 1 is 1.30 bits per heavy atom. The Morgan fingerprint density at radius 2 is 2.00 bits per heavy atom. The molecule has 0 aliphatic carbocycles. The molecule has 1 heterocycles. The molecule has 0 atom stereocenters. The molecule has 2 N–H and O–H groups in total. The molecule has 6 nitrogen and oxygen atoms in total. The van der Waals surface area contributed by atoms with Crippen LogP contribution in [0.4, 0.5) is 5.69 Å². The summed E-state index contributed by atoms with van der Waals surface area (Å²) in [5.74, 6) is -0.105. The lowest BCUT2D eigenvalue weighted by Gasteiger charge is -2.29. The molecule has 7 heteroatoms. The van der Waals surface area contributed by atoms with Gasteiger partial charge in [0.2, 0.25) is 11.8 Å². The van der Waals surface area contributed by atoms with Gasteiger partial charge in [0, 0.05) is 36.9 Å². The van der Waals surface area contributed by atoms with Crippen LogP contribution in [0.3, 0.4) is 0 Å². The van der Waals surface area contributed by atoms with Gasteiger partial charge in [-0.2, -0.15) is 0 Å². The van der Waals surface area contributed by atoms with E-state index >= 15 is 0 Å². The lowest BCUT2D eigenvalue weighted by Crippen LogP contribution is -2.49. The standard InChI is InChI=1S/C16H23ClN4O2/c1-12-13(17)4-3-5-14(12)19-15(22)10-20(2)11-16(23)21-8-6-18-7-9-21/h3-5,18H,6-11H2,1-2H3,(H,19,22). The molecular weight excluding hydrogens is 316 g/mol. The second-order valence-electron chi connectivity index (χ2n) is 5.76. The van der Waals surface area contributed by atoms with Crippen LogP contribution in [0, 0.1) is 6.92 Å². The second kappa shape index (κ2) is 8.29. The van der Waals surface area contributed by atoms with Crippen molar-refractivity contribution in [2.75, 3.05) is 51.6 Å². The first-order chi connectivity index (χ1) is 11.0. The predicted molar refractivity (Wildman–Crippen MR) is 91.8 cm³/mol. The van der Waals surface area contributed by atoms with Gasteiger partial charge in [0.15, 0.2) is 0 Å². The molecule has 126 valence electrons. The Morgan fingerprint density at radius 3 is 2.70 bits per heavy atom. The molecule has 23 heavy (non-hydrogen) atoms. The molecule has 1 fully saturated rings. The first-order valence-corrected chi connectivity index (χ1v) is 8.07. The van der Waals surface area contributed by atoms with Crippen molar-refractivity contribution in [3.05, 3.63) is 28.8 Å². The van der Waals surface area contributed by atoms with E-state index in [9.17, 15) is 9.59 Å². The number of rotatable bonds is 5. The average molecular weight is 339 g/mol. The molecule has 0 radical (unpaired) electrons. The molecule has 1 aromatic carbocycles. The van der Waals surface area contributed by atoms with Crippen molar-refractivity contribution in [2.24, 2.45) is 0 Å². The molecule has 0 unspecified atom stereocenters. The van der Waals surface area contributed by atoms with Crippen molar-refractivity contribution in [3.8, 4) is 0 Å². The molecule has 0 spiro atoms. The molecule has 1 aliphatic heterocycles. The molecule has 0 bridgehead atoms. The number of piperazine rings is 1. The maximum absolute atomic E-state index is 12.2. The number of nitrogens with one attached hydrogen (secondary N) is 2. The highest BCUT2D eigenvalue weighted by Gasteiger charge is 2.18. The smallest absolute Gasteiger partial charge is 0.238 e. The van der Waals surface area contributed by atoms with Gasteiger partial charge in [-0.3, -0.25) is 14.5 Å². The summed E-state index contributed by atoms with van der Waals surface area (Å²) in [6, 6.07) is 5.39. The lowest BCUT2D eigenvalue weighted by molar-refractivity contribution is -0.133. The second-order valence-corrected chi connectivity index (χ2v) is 6.17. The quantitative estimate of drug-likeness (QED) is 0.839. The largest absolute Gasteiger partial charge is 0.339 e. The van der Waals surface area contributed by atoms with Gasteiger partial charge in [0.1, 0.15) is 0 Å². The number of anilines is 1. The van der Waals surface area contributed by atoms with Gasteiger partial charge in [0.05, 0.1) is 13.1 Å². The van der Waals surface area contributed by atoms with E-state index in [2.05, 4.69) is 10.6 Å². The fraction of sp³-hybridized carbons (Fsp3) is 0.500. The molecule has 0 aromatic heterocycles. The summed E-state index contributed by atoms with van der Waals surface area (Å²) in [6.45, 7) is 5.34. The monoisotopic (exact) mass is 338 g/mol. The van der Waals surface area contributed by atoms with Crippen LogP contribution < -0.4 is 10.6 Å². The van der Waals surface area contributed by atoms with Gasteiger partial charge in [-0.25, -0.2) is 0 Å². The highest BCUT2D eigenvalue weighted by atomic mass is 35.5. The number of amides is 2. The normalized spacial score (nSPS) is 14.9. The van der Waals surface area contributed by atoms with Crippen molar-refractivity contribution >= 4 is 29.1 Å². The number of carbonyl (C=O) groups excluding carboxylic acids is 2. The summed E-state index contributed by atoms with van der Waals surface area (Å²) >= 11 is 6.04. The fourth-order valence-electron chi connectivity index (χ4n) is 2.48. The van der Waals surface area contributed by atoms with E-state index in [-0.39, 0.29) is 24.9 Å². The maximum Gasteiger partial charge on any atom is 0.238 e. The number of carbonyl (C=O) groups is 2. The molecular formula is C16H23ClN4O2. The topological polar surface area (TPSA) is 64.7 Å². The highest BCUT2D eigenvalue weighted by Crippen LogP contribution is 2.22. The summed E-state index contributed by atoms with van der Waals surface area (Å²) in [4.78, 5) is 27.8. The van der Waals surface area contributed by atoms with Crippen molar-refractivity contribution in [1.82, 2.24) is 15.1 Å². The molecule has 1 saturated heterocycles. The predicted octanol–water partition coefficient (Wildman–Crippen LogP) is 0.951. The van der Waals surface area contributed by atoms with E-state index in [0.717, 1.165) is 31.7 Å². The van der Waals surface area contributed by atoms with Crippen LogP contribution in [-0.4, -0.2) is 67.9 Å². The Labute approximate surface area is 141 Å². The number of benzene rings is 1. The Bertz CT molecular complexity index is 573. The zero-order valence-electron chi connectivity index (χ0n) is 13.6. The Kier molecular flexibility index (Phi) is 6.38. The van der Waals surface area contributed by atoms with Crippen molar-refractivity contribution in [2.45, 2.75) is 6.92 Å². The number of nitrogens with zero attached hydrogens (tertiary/aromatic N) is 2. The SMILES string of the molecule is Cc1c(Cl)cccc1NC(=O)CN(C)CC(=O)N1CCNCC1. The van der Waals surface area contributed by atoms with Gasteiger partial charge in [-0.05, 0) is 31.7 Å². The van der Waals surface area contributed by atoms with E-state index < -0.39 is 0 Å². The van der Waals surface area contributed by atoms with Crippen LogP contribution >= 0.6 is 11.6 Å². The average Bonchev–Trinajstić information content (AvgIpc) is 2.52. The molecule has 1 aliphatic rings. The van der Waals surface area contributed by atoms with E-state index in [1.165, 1.54) is 0 Å². The van der Waals surface area contributed by atoms with Crippen LogP contribution in [-0.2, 0) is 9.59 Å². The lowest BCUT2D eigenvalue weighted by atomic mass is 10.2. The third-order valence-corrected chi connectivity index (χ3v) is 4.24. The minimum Gasteiger partial charge on any atom is -0.339 e. The third-order valence-electron chi connectivity index (χ3n) is 3.83. The Hall–Kier alpha value is -1.63. The number of halogens is 1. The van der Waals surface area contributed by atoms with Gasteiger partial charge in [-0.1, -0.05) is 17.7 Å². The van der Waals surface area contributed by atoms with Crippen LogP contribution in [0.5, 0.6) is 0 Å². The number of hydrogen-bond acceptors (Lipinski definition) is 4. The van der Waals surface area contributed by atoms with Crippen LogP contribution in [0.2, 0.25) is 5.02 Å². The molecule has 2 amide bonds. The summed E-state index contributed by atoms with van der Waals surface area (Å²) in [5.41, 5.74) is 1.53. The van der Waals surface area contributed by atoms with Crippen LogP contribution in [0.1, 0.15) is 5.56 Å². The van der Waals surface area contributed by atoms with Crippen molar-refractivity contribution in [1.29, 1.82) is 0 Å². The molecule has 2 rings (SSSR count). The van der Waals surface area contributed by atoms with Crippen molar-refractivity contribution < 1.29 is 9.59 Å². The first-order valence-electron chi connectivity index (χ1n) is 7.69. The summed E-state index contributed by atoms with van der Waals surface area (Å²) < 4.78 is 0. The molecule has 1 aromatic rings. The van der Waals surface area contributed by atoms with Gasteiger partial charge < -0.3 is 15.5 Å². The number of likely N-dealkylation sites (N-methyl/N-ethyl adjacent to an activating group) is 1. The van der Waals surface area contributed by atoms with Gasteiger partial charge >= 0.3 is 0 Å².